The first-order valence-corrected chi connectivity index (χ1v) is 10.2. The second kappa shape index (κ2) is 8.43. The number of hydrogen-bond donors (Lipinski definition) is 1. The number of aromatic nitrogens is 4. The number of carbonyl (C=O) groups excluding carboxylic acids is 1. The van der Waals surface area contributed by atoms with E-state index in [1.165, 1.54) is 12.1 Å². The lowest BCUT2D eigenvalue weighted by Gasteiger charge is -2.11. The van der Waals surface area contributed by atoms with Gasteiger partial charge < -0.3 is 5.32 Å². The fourth-order valence-corrected chi connectivity index (χ4v) is 3.64. The highest BCUT2D eigenvalue weighted by Gasteiger charge is 2.30. The molecule has 0 bridgehead atoms. The van der Waals surface area contributed by atoms with Gasteiger partial charge in [-0.05, 0) is 54.1 Å². The SMILES string of the molecule is O=C(Nc1cccc(-c2ccnc3c(-c4ccncc4)cnn23)c1)c1cccc(C(F)(F)F)c1. The summed E-state index contributed by atoms with van der Waals surface area (Å²) in [6.07, 6.45) is 2.26. The van der Waals surface area contributed by atoms with Gasteiger partial charge in [0.1, 0.15) is 0 Å². The van der Waals surface area contributed by atoms with E-state index < -0.39 is 17.6 Å². The number of amides is 1. The average molecular weight is 459 g/mol. The number of rotatable bonds is 4. The highest BCUT2D eigenvalue weighted by molar-refractivity contribution is 6.04. The third-order valence-corrected chi connectivity index (χ3v) is 5.26. The van der Waals surface area contributed by atoms with E-state index in [0.29, 0.717) is 11.3 Å². The van der Waals surface area contributed by atoms with Crippen LogP contribution in [0.1, 0.15) is 15.9 Å². The maximum absolute atomic E-state index is 13.0. The molecular weight excluding hydrogens is 443 g/mol. The Labute approximate surface area is 191 Å². The summed E-state index contributed by atoms with van der Waals surface area (Å²) in [6, 6.07) is 16.8. The van der Waals surface area contributed by atoms with Crippen LogP contribution in [-0.4, -0.2) is 25.5 Å². The van der Waals surface area contributed by atoms with Gasteiger partial charge in [0.2, 0.25) is 0 Å². The van der Waals surface area contributed by atoms with E-state index in [2.05, 4.69) is 20.4 Å². The molecule has 1 N–H and O–H groups in total. The molecule has 5 rings (SSSR count). The predicted octanol–water partition coefficient (Wildman–Crippen LogP) is 5.73. The zero-order valence-electron chi connectivity index (χ0n) is 17.5. The highest BCUT2D eigenvalue weighted by atomic mass is 19.4. The van der Waals surface area contributed by atoms with Gasteiger partial charge >= 0.3 is 6.18 Å². The van der Waals surface area contributed by atoms with Crippen LogP contribution in [0, 0.1) is 0 Å². The number of fused-ring (bicyclic) bond motifs is 1. The molecule has 0 aliphatic rings. The quantitative estimate of drug-likeness (QED) is 0.373. The summed E-state index contributed by atoms with van der Waals surface area (Å²) in [5, 5.41) is 7.15. The van der Waals surface area contributed by atoms with Crippen molar-refractivity contribution in [1.82, 2.24) is 19.6 Å². The van der Waals surface area contributed by atoms with E-state index in [9.17, 15) is 18.0 Å². The lowest BCUT2D eigenvalue weighted by molar-refractivity contribution is -0.137. The Bertz CT molecular complexity index is 1500. The number of benzene rings is 2. The molecule has 0 saturated heterocycles. The van der Waals surface area contributed by atoms with Crippen LogP contribution in [0.5, 0.6) is 0 Å². The number of hydrogen-bond acceptors (Lipinski definition) is 4. The van der Waals surface area contributed by atoms with Crippen molar-refractivity contribution in [3.63, 3.8) is 0 Å². The van der Waals surface area contributed by atoms with E-state index in [1.54, 1.807) is 53.6 Å². The normalized spacial score (nSPS) is 11.5. The number of alkyl halides is 3. The van der Waals surface area contributed by atoms with Crippen LogP contribution in [0.3, 0.4) is 0 Å². The minimum absolute atomic E-state index is 0.0828. The van der Waals surface area contributed by atoms with Gasteiger partial charge in [-0.15, -0.1) is 0 Å². The van der Waals surface area contributed by atoms with E-state index in [1.807, 2.05) is 18.2 Å². The smallest absolute Gasteiger partial charge is 0.322 e. The summed E-state index contributed by atoms with van der Waals surface area (Å²) in [4.78, 5) is 21.1. The first-order valence-electron chi connectivity index (χ1n) is 10.2. The van der Waals surface area contributed by atoms with Crippen molar-refractivity contribution in [2.24, 2.45) is 0 Å². The van der Waals surface area contributed by atoms with Crippen LogP contribution in [0.15, 0.2) is 91.5 Å². The Kier molecular flexibility index (Phi) is 5.29. The van der Waals surface area contributed by atoms with Gasteiger partial charge in [-0.3, -0.25) is 9.78 Å². The molecule has 0 radical (unpaired) electrons. The summed E-state index contributed by atoms with van der Waals surface area (Å²) in [5.41, 5.74) is 3.39. The summed E-state index contributed by atoms with van der Waals surface area (Å²) in [6.45, 7) is 0. The molecule has 9 heteroatoms. The van der Waals surface area contributed by atoms with Crippen molar-refractivity contribution in [3.8, 4) is 22.4 Å². The summed E-state index contributed by atoms with van der Waals surface area (Å²) >= 11 is 0. The molecule has 34 heavy (non-hydrogen) atoms. The van der Waals surface area contributed by atoms with Gasteiger partial charge in [-0.2, -0.15) is 18.3 Å². The average Bonchev–Trinajstić information content (AvgIpc) is 3.29. The van der Waals surface area contributed by atoms with Crippen molar-refractivity contribution in [2.75, 3.05) is 5.32 Å². The van der Waals surface area contributed by atoms with Gasteiger partial charge in [0.25, 0.3) is 5.91 Å². The third kappa shape index (κ3) is 4.11. The minimum atomic E-state index is -4.53. The Morgan fingerprint density at radius 3 is 2.47 bits per heavy atom. The molecule has 0 spiro atoms. The minimum Gasteiger partial charge on any atom is -0.322 e. The molecule has 6 nitrogen and oxygen atoms in total. The van der Waals surface area contributed by atoms with Crippen LogP contribution < -0.4 is 5.32 Å². The Balaban J connectivity index is 1.46. The zero-order chi connectivity index (χ0) is 23.7. The van der Waals surface area contributed by atoms with Crippen LogP contribution in [0.25, 0.3) is 28.0 Å². The van der Waals surface area contributed by atoms with Crippen molar-refractivity contribution in [2.45, 2.75) is 6.18 Å². The number of carbonyl (C=O) groups is 1. The molecule has 1 amide bonds. The second-order valence-electron chi connectivity index (χ2n) is 7.47. The monoisotopic (exact) mass is 459 g/mol. The van der Waals surface area contributed by atoms with Gasteiger partial charge in [0.15, 0.2) is 5.65 Å². The maximum atomic E-state index is 13.0. The largest absolute Gasteiger partial charge is 0.416 e. The van der Waals surface area contributed by atoms with Crippen LogP contribution in [0.2, 0.25) is 0 Å². The van der Waals surface area contributed by atoms with Crippen molar-refractivity contribution < 1.29 is 18.0 Å². The fourth-order valence-electron chi connectivity index (χ4n) is 3.64. The zero-order valence-corrected chi connectivity index (χ0v) is 17.5. The molecular formula is C25H16F3N5O. The third-order valence-electron chi connectivity index (χ3n) is 5.26. The molecule has 0 fully saturated rings. The van der Waals surface area contributed by atoms with Crippen molar-refractivity contribution in [3.05, 3.63) is 103 Å². The Morgan fingerprint density at radius 1 is 0.882 bits per heavy atom. The predicted molar refractivity (Wildman–Crippen MR) is 121 cm³/mol. The van der Waals surface area contributed by atoms with Crippen LogP contribution in [0.4, 0.5) is 18.9 Å². The Hall–Kier alpha value is -4.53. The first-order chi connectivity index (χ1) is 16.4. The maximum Gasteiger partial charge on any atom is 0.416 e. The molecule has 0 atom stereocenters. The first kappa shape index (κ1) is 21.3. The van der Waals surface area contributed by atoms with Crippen molar-refractivity contribution in [1.29, 1.82) is 0 Å². The summed E-state index contributed by atoms with van der Waals surface area (Å²) < 4.78 is 40.7. The van der Waals surface area contributed by atoms with E-state index >= 15 is 0 Å². The van der Waals surface area contributed by atoms with E-state index in [-0.39, 0.29) is 5.56 Å². The molecule has 3 heterocycles. The van der Waals surface area contributed by atoms with Gasteiger partial charge in [0, 0.05) is 41.0 Å². The molecule has 168 valence electrons. The number of pyridine rings is 1. The molecule has 0 aliphatic heterocycles. The molecule has 2 aromatic carbocycles. The summed E-state index contributed by atoms with van der Waals surface area (Å²) in [7, 11) is 0. The highest BCUT2D eigenvalue weighted by Crippen LogP contribution is 2.30. The number of halogens is 3. The van der Waals surface area contributed by atoms with Gasteiger partial charge in [-0.1, -0.05) is 18.2 Å². The number of anilines is 1. The molecule has 5 aromatic rings. The lowest BCUT2D eigenvalue weighted by atomic mass is 10.1. The molecule has 3 aromatic heterocycles. The Morgan fingerprint density at radius 2 is 1.68 bits per heavy atom. The molecule has 0 unspecified atom stereocenters. The topological polar surface area (TPSA) is 72.2 Å². The van der Waals surface area contributed by atoms with Crippen molar-refractivity contribution >= 4 is 17.2 Å². The van der Waals surface area contributed by atoms with Crippen LogP contribution in [-0.2, 0) is 6.18 Å². The van der Waals surface area contributed by atoms with E-state index in [4.69, 9.17) is 0 Å². The van der Waals surface area contributed by atoms with Gasteiger partial charge in [-0.25, -0.2) is 9.50 Å². The standard InChI is InChI=1S/C25H16F3N5O/c26-25(27,28)19-5-1-4-18(13-19)24(34)32-20-6-2-3-17(14-20)22-9-12-30-23-21(15-31-33(22)23)16-7-10-29-11-8-16/h1-15H,(H,32,34). The van der Waals surface area contributed by atoms with E-state index in [0.717, 1.165) is 34.5 Å². The number of nitrogens with one attached hydrogen (secondary N) is 1. The molecule has 0 saturated carbocycles. The number of nitrogens with zero attached hydrogens (tertiary/aromatic N) is 4. The van der Waals surface area contributed by atoms with Gasteiger partial charge in [0.05, 0.1) is 17.5 Å². The lowest BCUT2D eigenvalue weighted by Crippen LogP contribution is -2.14. The van der Waals surface area contributed by atoms with Crippen LogP contribution >= 0.6 is 0 Å². The second-order valence-corrected chi connectivity index (χ2v) is 7.47. The fraction of sp³-hybridized carbons (Fsp3) is 0.0400. The molecule has 0 aliphatic carbocycles. The summed E-state index contributed by atoms with van der Waals surface area (Å²) in [5.74, 6) is -0.637.